The molecule has 1 atom stereocenters. The molecule has 0 spiro atoms. The Kier molecular flexibility index (Phi) is 152000. The minimum Gasteiger partial charge on any atom is -1.00 e. The molecular formula is H8F6LiP. The third kappa shape index (κ3) is 563. The molecule has 0 nitrogen and oxygen atoms in total. The van der Waals surface area contributed by atoms with Crippen molar-refractivity contribution in [2.24, 2.45) is 0 Å². The Labute approximate surface area is 57.8 Å². The van der Waals surface area contributed by atoms with Crippen LogP contribution in [-0.4, -0.2) is 0 Å². The standard InChI is InChI=1S/6FH.Li.H3P/h6*1H;;1H3/q;;;;;;+1;/p-1. The first-order valence-corrected chi connectivity index (χ1v) is 0. The van der Waals surface area contributed by atoms with Crippen LogP contribution in [-0.2, 0) is 0 Å². The zero-order valence-corrected chi connectivity index (χ0v) is 5.54. The van der Waals surface area contributed by atoms with E-state index in [1.807, 2.05) is 0 Å². The van der Waals surface area contributed by atoms with E-state index in [1.54, 1.807) is 0 Å². The van der Waals surface area contributed by atoms with Gasteiger partial charge in [-0.15, -0.1) is 0 Å². The summed E-state index contributed by atoms with van der Waals surface area (Å²) >= 11 is 0. The van der Waals surface area contributed by atoms with E-state index in [0.29, 0.717) is 0 Å². The summed E-state index contributed by atoms with van der Waals surface area (Å²) < 4.78 is 0. The molecule has 0 rings (SSSR count). The van der Waals surface area contributed by atoms with Crippen LogP contribution in [0.5, 0.6) is 0 Å². The molecule has 0 aliphatic heterocycles. The predicted octanol–water partition coefficient (Wildman–Crippen LogP) is -5.17. The van der Waals surface area contributed by atoms with E-state index in [-0.39, 0.29) is 57.0 Å². The van der Waals surface area contributed by atoms with Crippen LogP contribution in [0.15, 0.2) is 0 Å². The van der Waals surface area contributed by atoms with Crippen molar-refractivity contribution in [1.82, 2.24) is 0 Å². The van der Waals surface area contributed by atoms with Gasteiger partial charge in [0.2, 0.25) is 0 Å². The molecule has 56 valence electrons. The molecule has 0 heterocycles. The fourth-order valence-corrected chi connectivity index (χ4v) is 0. The van der Waals surface area contributed by atoms with E-state index in [0.717, 1.165) is 0 Å². The second-order valence-electron chi connectivity index (χ2n) is 0. The summed E-state index contributed by atoms with van der Waals surface area (Å²) in [5, 5.41) is 0. The van der Waals surface area contributed by atoms with Gasteiger partial charge >= 0.3 is 18.9 Å². The number of hydrogen-bond acceptors (Lipinski definition) is 0. The van der Waals surface area contributed by atoms with E-state index >= 15 is 0 Å². The van der Waals surface area contributed by atoms with Crippen molar-refractivity contribution in [2.45, 2.75) is 0 Å². The van der Waals surface area contributed by atoms with Gasteiger partial charge in [-0.2, -0.15) is 9.90 Å². The molecule has 8 heavy (non-hydrogen) atoms. The van der Waals surface area contributed by atoms with Crippen LogP contribution in [0.2, 0.25) is 0 Å². The number of halogens is 6. The zero-order valence-electron chi connectivity index (χ0n) is 4.13. The molecule has 1 unspecified atom stereocenters. The van der Waals surface area contributed by atoms with Crippen LogP contribution >= 0.6 is 9.90 Å². The number of hydrogen-bond donors (Lipinski definition) is 0. The van der Waals surface area contributed by atoms with Gasteiger partial charge in [-0.3, -0.25) is 23.5 Å². The van der Waals surface area contributed by atoms with Gasteiger partial charge in [0.25, 0.3) is 0 Å². The zero-order chi connectivity index (χ0) is 0. The average molecular weight is 160 g/mol. The molecule has 8 heteroatoms. The third-order valence-electron chi connectivity index (χ3n) is 0. The van der Waals surface area contributed by atoms with Gasteiger partial charge in [0.15, 0.2) is 0 Å². The summed E-state index contributed by atoms with van der Waals surface area (Å²) in [5.41, 5.74) is 0. The second kappa shape index (κ2) is 900. The Balaban J connectivity index is 0. The smallest absolute Gasteiger partial charge is 1.00 e. The minimum atomic E-state index is 0. The van der Waals surface area contributed by atoms with E-state index in [9.17, 15) is 0 Å². The summed E-state index contributed by atoms with van der Waals surface area (Å²) in [6.07, 6.45) is 0. The summed E-state index contributed by atoms with van der Waals surface area (Å²) in [6.45, 7) is 0. The Morgan fingerprint density at radius 1 is 0.500 bits per heavy atom. The Morgan fingerprint density at radius 3 is 0.500 bits per heavy atom. The minimum absolute atomic E-state index is 0. The predicted molar refractivity (Wildman–Crippen MR) is 23.6 cm³/mol. The van der Waals surface area contributed by atoms with Gasteiger partial charge in [-0.1, -0.05) is 0 Å². The van der Waals surface area contributed by atoms with Crippen LogP contribution in [0.3, 0.4) is 0 Å². The Hall–Kier alpha value is 0.607. The molecule has 0 aromatic heterocycles. The number of rotatable bonds is 0. The average Bonchev–Trinajstić information content (AvgIpc) is 0. The summed E-state index contributed by atoms with van der Waals surface area (Å²) in [5.74, 6) is 0. The summed E-state index contributed by atoms with van der Waals surface area (Å²) in [4.78, 5) is 0. The van der Waals surface area contributed by atoms with Crippen molar-refractivity contribution in [3.05, 3.63) is 0 Å². The summed E-state index contributed by atoms with van der Waals surface area (Å²) in [6, 6.07) is 0. The van der Waals surface area contributed by atoms with Crippen LogP contribution in [0, 0.1) is 0 Å². The fourth-order valence-electron chi connectivity index (χ4n) is 0. The maximum Gasteiger partial charge on any atom is 1.00 e. The van der Waals surface area contributed by atoms with E-state index in [2.05, 4.69) is 0 Å². The van der Waals surface area contributed by atoms with Crippen molar-refractivity contribution in [2.75, 3.05) is 0 Å². The first-order valence-electron chi connectivity index (χ1n) is 0. The third-order valence-corrected chi connectivity index (χ3v) is 0. The van der Waals surface area contributed by atoms with Crippen molar-refractivity contribution in [1.29, 1.82) is 0 Å². The first-order chi connectivity index (χ1) is 0. The summed E-state index contributed by atoms with van der Waals surface area (Å²) in [7, 11) is 0. The molecule has 0 aliphatic rings. The van der Waals surface area contributed by atoms with Gasteiger partial charge in [-0.25, -0.2) is 0 Å². The van der Waals surface area contributed by atoms with E-state index in [4.69, 9.17) is 0 Å². The van der Waals surface area contributed by atoms with Gasteiger partial charge in [0, 0.05) is 0 Å². The maximum atomic E-state index is 0. The Bertz CT molecular complexity index is 8.49. The fraction of sp³-hybridized carbons (Fsp3) is 0. The van der Waals surface area contributed by atoms with E-state index < -0.39 is 0 Å². The normalized spacial score (nSPS) is 0. The Morgan fingerprint density at radius 2 is 0.500 bits per heavy atom. The second-order valence-corrected chi connectivity index (χ2v) is 0. The molecule has 0 saturated carbocycles. The van der Waals surface area contributed by atoms with Crippen molar-refractivity contribution < 1.29 is 47.1 Å². The van der Waals surface area contributed by atoms with Crippen LogP contribution in [0.4, 0.5) is 23.5 Å². The van der Waals surface area contributed by atoms with Crippen LogP contribution < -0.4 is 23.6 Å². The van der Waals surface area contributed by atoms with Crippen molar-refractivity contribution in [3.8, 4) is 0 Å². The molecule has 0 aromatic rings. The molecule has 0 amide bonds. The van der Waals surface area contributed by atoms with Crippen LogP contribution in [0.1, 0.15) is 0 Å². The SMILES string of the molecule is F.F.F.F.F.P.[F-].[Li+]. The molecule has 0 saturated heterocycles. The van der Waals surface area contributed by atoms with Crippen molar-refractivity contribution in [3.63, 3.8) is 0 Å². The van der Waals surface area contributed by atoms with Gasteiger partial charge < -0.3 is 4.70 Å². The monoisotopic (exact) mass is 160 g/mol. The molecule has 0 N–H and O–H groups in total. The van der Waals surface area contributed by atoms with Gasteiger partial charge in [0.1, 0.15) is 0 Å². The topological polar surface area (TPSA) is 0 Å². The largest absolute Gasteiger partial charge is 1.00 e. The van der Waals surface area contributed by atoms with Gasteiger partial charge in [-0.05, 0) is 0 Å². The van der Waals surface area contributed by atoms with Crippen molar-refractivity contribution >= 4 is 9.90 Å². The molecule has 0 fully saturated rings. The maximum absolute atomic E-state index is 0. The molecular weight excluding hydrogens is 152 g/mol. The molecule has 0 radical (unpaired) electrons. The van der Waals surface area contributed by atoms with E-state index in [1.165, 1.54) is 0 Å². The van der Waals surface area contributed by atoms with Gasteiger partial charge in [0.05, 0.1) is 0 Å². The molecule has 0 aromatic carbocycles. The van der Waals surface area contributed by atoms with Crippen LogP contribution in [0.25, 0.3) is 0 Å². The first kappa shape index (κ1) is 1350. The molecule has 0 bridgehead atoms. The quantitative estimate of drug-likeness (QED) is 0.189. The molecule has 0 aliphatic carbocycles.